The summed E-state index contributed by atoms with van der Waals surface area (Å²) in [5.41, 5.74) is 6.13. The molecule has 3 N–H and O–H groups in total. The Morgan fingerprint density at radius 2 is 2.06 bits per heavy atom. The van der Waals surface area contributed by atoms with Gasteiger partial charge >= 0.3 is 0 Å². The first-order valence-electron chi connectivity index (χ1n) is 6.52. The summed E-state index contributed by atoms with van der Waals surface area (Å²) in [6.45, 7) is 4.98. The number of benzene rings is 1. The minimum Gasteiger partial charge on any atom is -0.492 e. The third-order valence-electron chi connectivity index (χ3n) is 3.28. The quantitative estimate of drug-likeness (QED) is 0.571. The number of nitrogen functional groups attached to an aromatic ring is 1. The van der Waals surface area contributed by atoms with Crippen molar-refractivity contribution in [1.82, 2.24) is 4.90 Å². The summed E-state index contributed by atoms with van der Waals surface area (Å²) >= 11 is 0. The summed E-state index contributed by atoms with van der Waals surface area (Å²) in [4.78, 5) is 2.46. The topological polar surface area (TPSA) is 62.3 Å². The predicted octanol–water partition coefficient (Wildman–Crippen LogP) is 1.83. The van der Waals surface area contributed by atoms with E-state index in [0.717, 1.165) is 30.4 Å². The molecule has 1 aromatic carbocycles. The number of nitrogens with two attached hydrogens (primary N) is 1. The van der Waals surface area contributed by atoms with Crippen molar-refractivity contribution in [2.75, 3.05) is 19.7 Å². The zero-order valence-corrected chi connectivity index (χ0v) is 10.9. The maximum Gasteiger partial charge on any atom is 0.122 e. The lowest BCUT2D eigenvalue weighted by Crippen LogP contribution is -2.30. The Hall–Kier alpha value is -1.55. The van der Waals surface area contributed by atoms with Gasteiger partial charge in [0.15, 0.2) is 0 Å². The Bertz CT molecular complexity index is 398. The normalized spacial score (nSPS) is 14.8. The highest BCUT2D eigenvalue weighted by Gasteiger charge is 2.27. The van der Waals surface area contributed by atoms with Crippen molar-refractivity contribution in [3.8, 4) is 5.75 Å². The van der Waals surface area contributed by atoms with Crippen molar-refractivity contribution in [1.29, 1.82) is 5.41 Å². The molecule has 1 saturated carbocycles. The monoisotopic (exact) mass is 247 g/mol. The zero-order chi connectivity index (χ0) is 13.0. The molecule has 0 aliphatic heterocycles. The van der Waals surface area contributed by atoms with Crippen LogP contribution in [0.3, 0.4) is 0 Å². The molecule has 1 fully saturated rings. The molecule has 18 heavy (non-hydrogen) atoms. The summed E-state index contributed by atoms with van der Waals surface area (Å²) in [6.07, 6.45) is 2.67. The number of amidine groups is 1. The van der Waals surface area contributed by atoms with Gasteiger partial charge in [0.1, 0.15) is 18.2 Å². The van der Waals surface area contributed by atoms with Crippen LogP contribution in [-0.4, -0.2) is 36.5 Å². The van der Waals surface area contributed by atoms with Crippen LogP contribution in [0.1, 0.15) is 25.3 Å². The van der Waals surface area contributed by atoms with E-state index in [1.165, 1.54) is 12.8 Å². The van der Waals surface area contributed by atoms with E-state index in [4.69, 9.17) is 15.9 Å². The average Bonchev–Trinajstić information content (AvgIpc) is 3.19. The summed E-state index contributed by atoms with van der Waals surface area (Å²) < 4.78 is 5.70. The number of hydrogen-bond acceptors (Lipinski definition) is 3. The highest BCUT2D eigenvalue weighted by atomic mass is 16.5. The number of ether oxygens (including phenoxy) is 1. The molecule has 4 nitrogen and oxygen atoms in total. The first-order chi connectivity index (χ1) is 8.70. The van der Waals surface area contributed by atoms with Gasteiger partial charge < -0.3 is 10.5 Å². The first-order valence-corrected chi connectivity index (χ1v) is 6.52. The standard InChI is InChI=1S/C14H21N3O/c1-2-17(12-5-6-12)9-10-18-13-7-3-11(4-8-13)14(15)16/h3-4,7-8,12H,2,5-6,9-10H2,1H3,(H3,15,16). The van der Waals surface area contributed by atoms with Crippen LogP contribution in [0.15, 0.2) is 24.3 Å². The van der Waals surface area contributed by atoms with Gasteiger partial charge in [-0.1, -0.05) is 6.92 Å². The summed E-state index contributed by atoms with van der Waals surface area (Å²) in [6, 6.07) is 8.15. The van der Waals surface area contributed by atoms with Crippen molar-refractivity contribution in [2.24, 2.45) is 5.73 Å². The molecule has 0 radical (unpaired) electrons. The van der Waals surface area contributed by atoms with Crippen LogP contribution in [0, 0.1) is 5.41 Å². The van der Waals surface area contributed by atoms with Crippen LogP contribution >= 0.6 is 0 Å². The van der Waals surface area contributed by atoms with Crippen molar-refractivity contribution >= 4 is 5.84 Å². The van der Waals surface area contributed by atoms with Crippen LogP contribution < -0.4 is 10.5 Å². The molecular weight excluding hydrogens is 226 g/mol. The molecule has 1 aliphatic rings. The molecule has 0 bridgehead atoms. The van der Waals surface area contributed by atoms with Crippen LogP contribution in [-0.2, 0) is 0 Å². The molecule has 0 saturated heterocycles. The molecule has 1 aliphatic carbocycles. The van der Waals surface area contributed by atoms with E-state index in [0.29, 0.717) is 6.61 Å². The second kappa shape index (κ2) is 5.87. The molecule has 0 atom stereocenters. The Morgan fingerprint density at radius 3 is 2.56 bits per heavy atom. The molecule has 0 amide bonds. The largest absolute Gasteiger partial charge is 0.492 e. The van der Waals surface area contributed by atoms with Gasteiger partial charge in [0.2, 0.25) is 0 Å². The highest BCUT2D eigenvalue weighted by molar-refractivity contribution is 5.94. The Morgan fingerprint density at radius 1 is 1.39 bits per heavy atom. The van der Waals surface area contributed by atoms with E-state index < -0.39 is 0 Å². The second-order valence-corrected chi connectivity index (χ2v) is 4.65. The van der Waals surface area contributed by atoms with E-state index in [-0.39, 0.29) is 5.84 Å². The SMILES string of the molecule is CCN(CCOc1ccc(C(=N)N)cc1)C1CC1. The van der Waals surface area contributed by atoms with Gasteiger partial charge in [-0.2, -0.15) is 0 Å². The lowest BCUT2D eigenvalue weighted by atomic mass is 10.2. The molecule has 98 valence electrons. The second-order valence-electron chi connectivity index (χ2n) is 4.65. The fraction of sp³-hybridized carbons (Fsp3) is 0.500. The van der Waals surface area contributed by atoms with E-state index in [1.807, 2.05) is 24.3 Å². The molecule has 0 unspecified atom stereocenters. The number of nitrogens with zero attached hydrogens (tertiary/aromatic N) is 1. The third-order valence-corrected chi connectivity index (χ3v) is 3.28. The maximum atomic E-state index is 7.31. The number of likely N-dealkylation sites (N-methyl/N-ethyl adjacent to an activating group) is 1. The highest BCUT2D eigenvalue weighted by Crippen LogP contribution is 2.26. The predicted molar refractivity (Wildman–Crippen MR) is 73.2 cm³/mol. The Labute approximate surface area is 108 Å². The van der Waals surface area contributed by atoms with Gasteiger partial charge in [-0.05, 0) is 43.7 Å². The fourth-order valence-electron chi connectivity index (χ4n) is 2.05. The maximum absolute atomic E-state index is 7.31. The van der Waals surface area contributed by atoms with Crippen LogP contribution in [0.25, 0.3) is 0 Å². The number of hydrogen-bond donors (Lipinski definition) is 2. The lowest BCUT2D eigenvalue weighted by molar-refractivity contribution is 0.209. The molecule has 0 heterocycles. The van der Waals surface area contributed by atoms with Gasteiger partial charge in [-0.15, -0.1) is 0 Å². The molecular formula is C14H21N3O. The van der Waals surface area contributed by atoms with Crippen LogP contribution in [0.5, 0.6) is 5.75 Å². The van der Waals surface area contributed by atoms with Gasteiger partial charge in [0.25, 0.3) is 0 Å². The third kappa shape index (κ3) is 3.47. The Balaban J connectivity index is 1.77. The van der Waals surface area contributed by atoms with Gasteiger partial charge in [-0.3, -0.25) is 10.3 Å². The molecule has 2 rings (SSSR count). The van der Waals surface area contributed by atoms with Gasteiger partial charge in [-0.25, -0.2) is 0 Å². The van der Waals surface area contributed by atoms with E-state index in [9.17, 15) is 0 Å². The molecule has 0 spiro atoms. The molecule has 4 heteroatoms. The van der Waals surface area contributed by atoms with Crippen molar-refractivity contribution in [3.63, 3.8) is 0 Å². The first kappa shape index (κ1) is 12.9. The van der Waals surface area contributed by atoms with Gasteiger partial charge in [0.05, 0.1) is 0 Å². The van der Waals surface area contributed by atoms with Crippen LogP contribution in [0.2, 0.25) is 0 Å². The number of nitrogens with one attached hydrogen (secondary N) is 1. The minimum absolute atomic E-state index is 0.0902. The molecule has 1 aromatic rings. The lowest BCUT2D eigenvalue weighted by Gasteiger charge is -2.19. The summed E-state index contributed by atoms with van der Waals surface area (Å²) in [5, 5.41) is 7.31. The zero-order valence-electron chi connectivity index (χ0n) is 10.9. The fourth-order valence-corrected chi connectivity index (χ4v) is 2.05. The summed E-state index contributed by atoms with van der Waals surface area (Å²) in [7, 11) is 0. The van der Waals surface area contributed by atoms with Crippen LogP contribution in [0.4, 0.5) is 0 Å². The molecule has 0 aromatic heterocycles. The van der Waals surface area contributed by atoms with E-state index in [2.05, 4.69) is 11.8 Å². The van der Waals surface area contributed by atoms with E-state index in [1.54, 1.807) is 0 Å². The van der Waals surface area contributed by atoms with Crippen molar-refractivity contribution in [2.45, 2.75) is 25.8 Å². The van der Waals surface area contributed by atoms with Crippen molar-refractivity contribution < 1.29 is 4.74 Å². The smallest absolute Gasteiger partial charge is 0.122 e. The average molecular weight is 247 g/mol. The van der Waals surface area contributed by atoms with Crippen molar-refractivity contribution in [3.05, 3.63) is 29.8 Å². The van der Waals surface area contributed by atoms with Gasteiger partial charge in [0, 0.05) is 18.2 Å². The summed E-state index contributed by atoms with van der Waals surface area (Å²) in [5.74, 6) is 0.930. The Kier molecular flexibility index (Phi) is 4.20. The minimum atomic E-state index is 0.0902. The van der Waals surface area contributed by atoms with E-state index >= 15 is 0 Å². The number of rotatable bonds is 7.